The van der Waals surface area contributed by atoms with E-state index >= 15 is 0 Å². The summed E-state index contributed by atoms with van der Waals surface area (Å²) >= 11 is 0. The zero-order chi connectivity index (χ0) is 19.3. The van der Waals surface area contributed by atoms with Crippen LogP contribution in [0.3, 0.4) is 0 Å². The first-order valence-corrected chi connectivity index (χ1v) is 8.40. The van der Waals surface area contributed by atoms with E-state index in [1.165, 1.54) is 14.2 Å². The maximum atomic E-state index is 5.89. The molecule has 0 aliphatic rings. The van der Waals surface area contributed by atoms with Crippen LogP contribution in [-0.2, 0) is 0 Å². The van der Waals surface area contributed by atoms with Crippen LogP contribution in [0.4, 0.5) is 0 Å². The standard InChI is InChI=1S/C20H16N4O4/c1-25-18-22-19(26-2)24-20(23-18)28-17-15(13-9-5-3-6-10-13)21-16(27-17)14-11-7-4-8-12-14/h3-12H,1-2H3. The van der Waals surface area contributed by atoms with Crippen LogP contribution in [0.1, 0.15) is 0 Å². The summed E-state index contributed by atoms with van der Waals surface area (Å²) in [6, 6.07) is 19.2. The second-order valence-electron chi connectivity index (χ2n) is 5.58. The Balaban J connectivity index is 1.78. The fraction of sp³-hybridized carbons (Fsp3) is 0.100. The summed E-state index contributed by atoms with van der Waals surface area (Å²) in [6.45, 7) is 0. The lowest BCUT2D eigenvalue weighted by atomic mass is 10.2. The molecule has 0 bridgehead atoms. The average Bonchev–Trinajstić information content (AvgIpc) is 3.18. The largest absolute Gasteiger partial charge is 0.467 e. The van der Waals surface area contributed by atoms with Gasteiger partial charge in [-0.3, -0.25) is 0 Å². The minimum Gasteiger partial charge on any atom is -0.467 e. The fourth-order valence-electron chi connectivity index (χ4n) is 2.49. The summed E-state index contributed by atoms with van der Waals surface area (Å²) in [4.78, 5) is 16.7. The van der Waals surface area contributed by atoms with Gasteiger partial charge in [-0.05, 0) is 12.1 Å². The summed E-state index contributed by atoms with van der Waals surface area (Å²) in [5.41, 5.74) is 2.18. The van der Waals surface area contributed by atoms with E-state index in [2.05, 4.69) is 19.9 Å². The van der Waals surface area contributed by atoms with Crippen LogP contribution in [-0.4, -0.2) is 34.2 Å². The van der Waals surface area contributed by atoms with E-state index in [0.29, 0.717) is 11.6 Å². The number of benzene rings is 2. The molecule has 2 aromatic carbocycles. The molecule has 8 nitrogen and oxygen atoms in total. The van der Waals surface area contributed by atoms with Crippen LogP contribution in [0, 0.1) is 0 Å². The van der Waals surface area contributed by atoms with Gasteiger partial charge in [0.05, 0.1) is 14.2 Å². The smallest absolute Gasteiger partial charge is 0.333 e. The maximum absolute atomic E-state index is 5.89. The van der Waals surface area contributed by atoms with Gasteiger partial charge in [0, 0.05) is 11.1 Å². The molecule has 4 aromatic rings. The number of oxazole rings is 1. The molecule has 0 saturated carbocycles. The summed E-state index contributed by atoms with van der Waals surface area (Å²) in [6.07, 6.45) is 0. The molecule has 140 valence electrons. The van der Waals surface area contributed by atoms with Crippen LogP contribution in [0.5, 0.6) is 24.0 Å². The Hall–Kier alpha value is -3.94. The van der Waals surface area contributed by atoms with E-state index in [0.717, 1.165) is 11.1 Å². The van der Waals surface area contributed by atoms with Gasteiger partial charge in [0.15, 0.2) is 5.69 Å². The van der Waals surface area contributed by atoms with Gasteiger partial charge >= 0.3 is 24.0 Å². The zero-order valence-electron chi connectivity index (χ0n) is 15.2. The molecule has 0 unspecified atom stereocenters. The number of hydrogen-bond donors (Lipinski definition) is 0. The molecular formula is C20H16N4O4. The van der Waals surface area contributed by atoms with E-state index in [4.69, 9.17) is 18.6 Å². The Morgan fingerprint density at radius 1 is 0.643 bits per heavy atom. The van der Waals surface area contributed by atoms with Crippen molar-refractivity contribution in [2.75, 3.05) is 14.2 Å². The SMILES string of the molecule is COc1nc(OC)nc(Oc2oc(-c3ccccc3)nc2-c2ccccc2)n1. The Labute approximate surface area is 160 Å². The molecule has 0 fully saturated rings. The lowest BCUT2D eigenvalue weighted by Crippen LogP contribution is -2.01. The summed E-state index contributed by atoms with van der Waals surface area (Å²) in [7, 11) is 2.88. The highest BCUT2D eigenvalue weighted by Gasteiger charge is 2.20. The molecule has 2 aromatic heterocycles. The van der Waals surface area contributed by atoms with Crippen LogP contribution in [0.15, 0.2) is 65.1 Å². The second kappa shape index (κ2) is 7.75. The first-order chi connectivity index (χ1) is 13.8. The summed E-state index contributed by atoms with van der Waals surface area (Å²) < 4.78 is 21.8. The second-order valence-corrected chi connectivity index (χ2v) is 5.58. The van der Waals surface area contributed by atoms with E-state index in [1.54, 1.807) is 0 Å². The van der Waals surface area contributed by atoms with Crippen molar-refractivity contribution in [3.63, 3.8) is 0 Å². The van der Waals surface area contributed by atoms with Crippen molar-refractivity contribution < 1.29 is 18.6 Å². The highest BCUT2D eigenvalue weighted by atomic mass is 16.6. The molecule has 0 saturated heterocycles. The highest BCUT2D eigenvalue weighted by Crippen LogP contribution is 2.36. The number of ether oxygens (including phenoxy) is 3. The van der Waals surface area contributed by atoms with E-state index in [-0.39, 0.29) is 24.0 Å². The van der Waals surface area contributed by atoms with Crippen LogP contribution < -0.4 is 14.2 Å². The molecule has 0 aliphatic heterocycles. The maximum Gasteiger partial charge on any atom is 0.333 e. The van der Waals surface area contributed by atoms with Gasteiger partial charge in [-0.15, -0.1) is 15.0 Å². The minimum absolute atomic E-state index is 0.0309. The summed E-state index contributed by atoms with van der Waals surface area (Å²) in [5.74, 6) is 0.572. The predicted molar refractivity (Wildman–Crippen MR) is 100 cm³/mol. The average molecular weight is 376 g/mol. The van der Waals surface area contributed by atoms with Crippen molar-refractivity contribution in [1.82, 2.24) is 19.9 Å². The quantitative estimate of drug-likeness (QED) is 0.498. The van der Waals surface area contributed by atoms with Crippen molar-refractivity contribution in [3.05, 3.63) is 60.7 Å². The molecule has 0 spiro atoms. The fourth-order valence-corrected chi connectivity index (χ4v) is 2.49. The van der Waals surface area contributed by atoms with E-state index in [1.807, 2.05) is 60.7 Å². The topological polar surface area (TPSA) is 92.4 Å². The third-order valence-electron chi connectivity index (χ3n) is 3.79. The lowest BCUT2D eigenvalue weighted by Gasteiger charge is -2.05. The van der Waals surface area contributed by atoms with Gasteiger partial charge in [0.2, 0.25) is 5.89 Å². The predicted octanol–water partition coefficient (Wildman–Crippen LogP) is 4.00. The zero-order valence-corrected chi connectivity index (χ0v) is 15.2. The molecular weight excluding hydrogens is 360 g/mol. The van der Waals surface area contributed by atoms with Crippen molar-refractivity contribution in [3.8, 4) is 46.7 Å². The minimum atomic E-state index is -0.0309. The number of hydrogen-bond acceptors (Lipinski definition) is 8. The van der Waals surface area contributed by atoms with E-state index < -0.39 is 0 Å². The third-order valence-corrected chi connectivity index (χ3v) is 3.79. The number of methoxy groups -OCH3 is 2. The van der Waals surface area contributed by atoms with Gasteiger partial charge in [0.25, 0.3) is 0 Å². The molecule has 0 radical (unpaired) electrons. The lowest BCUT2D eigenvalue weighted by molar-refractivity contribution is 0.296. The Morgan fingerprint density at radius 2 is 1.18 bits per heavy atom. The molecule has 0 amide bonds. The van der Waals surface area contributed by atoms with Gasteiger partial charge in [-0.25, -0.2) is 4.98 Å². The number of aromatic nitrogens is 4. The van der Waals surface area contributed by atoms with Crippen molar-refractivity contribution in [2.45, 2.75) is 0 Å². The Morgan fingerprint density at radius 3 is 1.75 bits per heavy atom. The molecule has 2 heterocycles. The molecule has 0 N–H and O–H groups in total. The van der Waals surface area contributed by atoms with Gasteiger partial charge in [0.1, 0.15) is 0 Å². The van der Waals surface area contributed by atoms with Gasteiger partial charge in [-0.2, -0.15) is 0 Å². The third kappa shape index (κ3) is 3.61. The van der Waals surface area contributed by atoms with Crippen molar-refractivity contribution in [2.24, 2.45) is 0 Å². The first-order valence-electron chi connectivity index (χ1n) is 8.40. The molecule has 28 heavy (non-hydrogen) atoms. The normalized spacial score (nSPS) is 10.5. The van der Waals surface area contributed by atoms with Crippen LogP contribution >= 0.6 is 0 Å². The van der Waals surface area contributed by atoms with Crippen molar-refractivity contribution >= 4 is 0 Å². The molecule has 4 rings (SSSR count). The van der Waals surface area contributed by atoms with Crippen LogP contribution in [0.2, 0.25) is 0 Å². The van der Waals surface area contributed by atoms with E-state index in [9.17, 15) is 0 Å². The molecule has 0 atom stereocenters. The monoisotopic (exact) mass is 376 g/mol. The summed E-state index contributed by atoms with van der Waals surface area (Å²) in [5, 5.41) is 0. The van der Waals surface area contributed by atoms with Crippen LogP contribution in [0.25, 0.3) is 22.7 Å². The number of rotatable bonds is 6. The molecule has 8 heteroatoms. The first kappa shape index (κ1) is 17.5. The van der Waals surface area contributed by atoms with Gasteiger partial charge < -0.3 is 18.6 Å². The Bertz CT molecular complexity index is 1050. The number of nitrogens with zero attached hydrogens (tertiary/aromatic N) is 4. The Kier molecular flexibility index (Phi) is 4.83. The van der Waals surface area contributed by atoms with Crippen molar-refractivity contribution in [1.29, 1.82) is 0 Å². The van der Waals surface area contributed by atoms with Gasteiger partial charge in [-0.1, -0.05) is 48.5 Å². The molecule has 0 aliphatic carbocycles. The highest BCUT2D eigenvalue weighted by molar-refractivity contribution is 5.68.